The van der Waals surface area contributed by atoms with E-state index in [-0.39, 0.29) is 5.12 Å². The smallest absolute Gasteiger partial charge is 0.216 e. The van der Waals surface area contributed by atoms with Crippen LogP contribution in [0, 0.1) is 0 Å². The summed E-state index contributed by atoms with van der Waals surface area (Å²) >= 11 is 3.58. The Morgan fingerprint density at radius 2 is 2.00 bits per heavy atom. The summed E-state index contributed by atoms with van der Waals surface area (Å²) < 4.78 is 0. The van der Waals surface area contributed by atoms with Crippen LogP contribution in [0.5, 0.6) is 0 Å². The van der Waals surface area contributed by atoms with Crippen LogP contribution in [0.25, 0.3) is 0 Å². The third-order valence-corrected chi connectivity index (χ3v) is 1.02. The van der Waals surface area contributed by atoms with Gasteiger partial charge in [-0.3, -0.25) is 4.79 Å². The molecule has 48 valence electrons. The largest absolute Gasteiger partial charge is 0.282 e. The molecule has 0 fully saturated rings. The Balaban J connectivity index is 4.32. The van der Waals surface area contributed by atoms with Crippen LogP contribution in [0.3, 0.4) is 0 Å². The fourth-order valence-electron chi connectivity index (χ4n) is 0.354. The van der Waals surface area contributed by atoms with Crippen LogP contribution in [0.4, 0.5) is 0 Å². The zero-order valence-electron chi connectivity index (χ0n) is 5.00. The lowest BCUT2D eigenvalue weighted by atomic mass is 10.3. The molecule has 0 aromatic rings. The second-order valence-corrected chi connectivity index (χ2v) is 1.77. The Labute approximate surface area is 60.2 Å². The molecule has 0 saturated heterocycles. The lowest BCUT2D eigenvalue weighted by molar-refractivity contribution is -0.107. The average Bonchev–Trinajstić information content (AvgIpc) is 1.82. The van der Waals surface area contributed by atoms with E-state index in [4.69, 9.17) is 0 Å². The summed E-state index contributed by atoms with van der Waals surface area (Å²) in [4.78, 5) is 10.4. The van der Waals surface area contributed by atoms with Crippen molar-refractivity contribution in [1.82, 2.24) is 0 Å². The third kappa shape index (κ3) is 2.93. The highest BCUT2D eigenvalue weighted by Crippen LogP contribution is 1.99. The third-order valence-electron chi connectivity index (χ3n) is 0.764. The molecule has 0 saturated carbocycles. The van der Waals surface area contributed by atoms with Gasteiger partial charge in [-0.25, -0.2) is 0 Å². The topological polar surface area (TPSA) is 17.1 Å². The fourth-order valence-corrected chi connectivity index (χ4v) is 0.519. The maximum Gasteiger partial charge on any atom is 0.216 e. The van der Waals surface area contributed by atoms with E-state index in [0.717, 1.165) is 0 Å². The molecule has 9 heavy (non-hydrogen) atoms. The van der Waals surface area contributed by atoms with E-state index in [0.29, 0.717) is 5.57 Å². The van der Waals surface area contributed by atoms with Crippen molar-refractivity contribution in [1.29, 1.82) is 0 Å². The van der Waals surface area contributed by atoms with Crippen molar-refractivity contribution >= 4 is 17.7 Å². The summed E-state index contributed by atoms with van der Waals surface area (Å²) in [7, 11) is 0. The second kappa shape index (κ2) is 4.15. The van der Waals surface area contributed by atoms with Crippen molar-refractivity contribution in [2.45, 2.75) is 0 Å². The normalized spacial score (nSPS) is 10.6. The van der Waals surface area contributed by atoms with Gasteiger partial charge in [-0.2, -0.15) is 0 Å². The summed E-state index contributed by atoms with van der Waals surface area (Å²) in [5.74, 6) is 0. The molecule has 0 amide bonds. The summed E-state index contributed by atoms with van der Waals surface area (Å²) in [6.45, 7) is 6.84. The number of carbonyl (C=O) groups excluding carboxylic acids is 1. The SMILES string of the molecule is C=C/C=C(\C=C)C(=O)S. The number of allylic oxidation sites excluding steroid dienone is 3. The van der Waals surface area contributed by atoms with Crippen molar-refractivity contribution in [2.24, 2.45) is 0 Å². The Kier molecular flexibility index (Phi) is 3.80. The second-order valence-electron chi connectivity index (χ2n) is 1.37. The van der Waals surface area contributed by atoms with E-state index >= 15 is 0 Å². The summed E-state index contributed by atoms with van der Waals surface area (Å²) in [6.07, 6.45) is 4.52. The van der Waals surface area contributed by atoms with Gasteiger partial charge in [0, 0.05) is 5.57 Å². The van der Waals surface area contributed by atoms with Crippen LogP contribution in [0.2, 0.25) is 0 Å². The molecular formula is C7H8OS. The molecule has 2 heteroatoms. The lowest BCUT2D eigenvalue weighted by Crippen LogP contribution is -1.86. The quantitative estimate of drug-likeness (QED) is 0.359. The number of carbonyl (C=O) groups is 1. The van der Waals surface area contributed by atoms with Gasteiger partial charge in [0.2, 0.25) is 5.12 Å². The van der Waals surface area contributed by atoms with Gasteiger partial charge in [-0.05, 0) is 0 Å². The number of hydrogen-bond acceptors (Lipinski definition) is 1. The minimum atomic E-state index is -0.287. The minimum Gasteiger partial charge on any atom is -0.282 e. The molecule has 0 aliphatic rings. The molecule has 0 N–H and O–H groups in total. The van der Waals surface area contributed by atoms with E-state index in [9.17, 15) is 4.79 Å². The molecule has 0 rings (SSSR count). The minimum absolute atomic E-state index is 0.287. The first kappa shape index (κ1) is 8.24. The van der Waals surface area contributed by atoms with Gasteiger partial charge in [0.25, 0.3) is 0 Å². The fraction of sp³-hybridized carbons (Fsp3) is 0. The predicted molar refractivity (Wildman–Crippen MR) is 42.5 cm³/mol. The van der Waals surface area contributed by atoms with Crippen molar-refractivity contribution in [3.05, 3.63) is 37.0 Å². The Morgan fingerprint density at radius 3 is 2.11 bits per heavy atom. The monoisotopic (exact) mass is 140 g/mol. The number of hydrogen-bond donors (Lipinski definition) is 1. The van der Waals surface area contributed by atoms with Crippen molar-refractivity contribution < 1.29 is 4.79 Å². The Bertz CT molecular complexity index is 168. The van der Waals surface area contributed by atoms with Crippen LogP contribution in [-0.4, -0.2) is 5.12 Å². The van der Waals surface area contributed by atoms with Gasteiger partial charge in [-0.1, -0.05) is 31.4 Å². The van der Waals surface area contributed by atoms with Gasteiger partial charge in [0.1, 0.15) is 0 Å². The van der Waals surface area contributed by atoms with E-state index in [2.05, 4.69) is 25.8 Å². The van der Waals surface area contributed by atoms with Crippen LogP contribution < -0.4 is 0 Å². The maximum atomic E-state index is 10.4. The van der Waals surface area contributed by atoms with Gasteiger partial charge < -0.3 is 0 Å². The highest BCUT2D eigenvalue weighted by molar-refractivity contribution is 7.97. The molecule has 1 nitrogen and oxygen atoms in total. The summed E-state index contributed by atoms with van der Waals surface area (Å²) in [5.41, 5.74) is 0.466. The molecule has 0 aliphatic carbocycles. The van der Waals surface area contributed by atoms with Crippen molar-refractivity contribution in [3.8, 4) is 0 Å². The molecule has 0 aromatic heterocycles. The molecule has 0 unspecified atom stereocenters. The van der Waals surface area contributed by atoms with Gasteiger partial charge in [0.05, 0.1) is 0 Å². The first-order valence-corrected chi connectivity index (χ1v) is 2.85. The van der Waals surface area contributed by atoms with Crippen LogP contribution in [0.15, 0.2) is 37.0 Å². The molecule has 0 atom stereocenters. The maximum absolute atomic E-state index is 10.4. The molecule has 0 heterocycles. The standard InChI is InChI=1S/C7H8OS/c1-3-5-6(4-2)7(8)9/h3-5H,1-2H2,(H,8,9)/b6-5+. The first-order chi connectivity index (χ1) is 4.22. The van der Waals surface area contributed by atoms with Gasteiger partial charge in [-0.15, -0.1) is 12.6 Å². The molecule has 0 radical (unpaired) electrons. The van der Waals surface area contributed by atoms with Gasteiger partial charge in [0.15, 0.2) is 0 Å². The van der Waals surface area contributed by atoms with Crippen LogP contribution >= 0.6 is 12.6 Å². The zero-order valence-corrected chi connectivity index (χ0v) is 5.90. The summed E-state index contributed by atoms with van der Waals surface area (Å²) in [5, 5.41) is -0.287. The summed E-state index contributed by atoms with van der Waals surface area (Å²) in [6, 6.07) is 0. The molecular weight excluding hydrogens is 132 g/mol. The number of thiol groups is 1. The van der Waals surface area contributed by atoms with Gasteiger partial charge >= 0.3 is 0 Å². The molecule has 0 aromatic carbocycles. The highest BCUT2D eigenvalue weighted by Gasteiger charge is 1.94. The van der Waals surface area contributed by atoms with Crippen molar-refractivity contribution in [2.75, 3.05) is 0 Å². The van der Waals surface area contributed by atoms with E-state index in [1.165, 1.54) is 12.2 Å². The van der Waals surface area contributed by atoms with E-state index < -0.39 is 0 Å². The van der Waals surface area contributed by atoms with Crippen LogP contribution in [-0.2, 0) is 4.79 Å². The molecule has 0 aliphatic heterocycles. The predicted octanol–water partition coefficient (Wildman–Crippen LogP) is 1.74. The lowest BCUT2D eigenvalue weighted by Gasteiger charge is -1.87. The van der Waals surface area contributed by atoms with Crippen molar-refractivity contribution in [3.63, 3.8) is 0 Å². The Morgan fingerprint density at radius 1 is 1.44 bits per heavy atom. The molecule has 0 bridgehead atoms. The Hall–Kier alpha value is -0.760. The number of rotatable bonds is 3. The van der Waals surface area contributed by atoms with Crippen LogP contribution in [0.1, 0.15) is 0 Å². The molecule has 0 spiro atoms. The first-order valence-electron chi connectivity index (χ1n) is 2.40. The van der Waals surface area contributed by atoms with E-state index in [1.807, 2.05) is 0 Å². The highest BCUT2D eigenvalue weighted by atomic mass is 32.1. The average molecular weight is 140 g/mol. The zero-order chi connectivity index (χ0) is 7.28. The van der Waals surface area contributed by atoms with E-state index in [1.54, 1.807) is 6.08 Å².